The lowest BCUT2D eigenvalue weighted by Crippen LogP contribution is -2.16. The van der Waals surface area contributed by atoms with E-state index in [1.54, 1.807) is 12.1 Å². The van der Waals surface area contributed by atoms with Crippen molar-refractivity contribution in [2.24, 2.45) is 5.92 Å². The lowest BCUT2D eigenvalue weighted by atomic mass is 9.90. The summed E-state index contributed by atoms with van der Waals surface area (Å²) in [5, 5.41) is 0. The summed E-state index contributed by atoms with van der Waals surface area (Å²) in [5.41, 5.74) is 4.87. The molecule has 0 saturated heterocycles. The number of hydrogen-bond donors (Lipinski definition) is 0. The minimum atomic E-state index is -0.235. The predicted octanol–water partition coefficient (Wildman–Crippen LogP) is 5.31. The molecule has 2 heteroatoms. The van der Waals surface area contributed by atoms with Crippen molar-refractivity contribution in [3.05, 3.63) is 59.2 Å². The van der Waals surface area contributed by atoms with Crippen LogP contribution in [-0.2, 0) is 4.74 Å². The largest absolute Gasteiger partial charge is 0.459 e. The first kappa shape index (κ1) is 16.5. The molecule has 0 aromatic heterocycles. The Balaban J connectivity index is 1.88. The maximum atomic E-state index is 12.0. The second-order valence-corrected chi connectivity index (χ2v) is 6.36. The van der Waals surface area contributed by atoms with Crippen molar-refractivity contribution in [1.82, 2.24) is 0 Å². The maximum absolute atomic E-state index is 12.0. The molecular weight excluding hydrogens is 272 g/mol. The first-order chi connectivity index (χ1) is 10.5. The van der Waals surface area contributed by atoms with Crippen molar-refractivity contribution in [3.8, 4) is 0 Å². The standard InChI is InChI=1S/C20H26O2/c1-14(2)18-12-10-15(3)19(18)13-11-16(4)22-20(21)17-8-6-5-7-9-17/h5-9,16,18H,1,10-13H2,2-4H3/t16-,18-/m0/s1. The smallest absolute Gasteiger partial charge is 0.338 e. The second kappa shape index (κ2) is 7.44. The van der Waals surface area contributed by atoms with Crippen LogP contribution in [0.1, 0.15) is 56.8 Å². The second-order valence-electron chi connectivity index (χ2n) is 6.36. The summed E-state index contributed by atoms with van der Waals surface area (Å²) in [5.74, 6) is 0.290. The van der Waals surface area contributed by atoms with Crippen molar-refractivity contribution in [2.45, 2.75) is 52.6 Å². The molecule has 0 amide bonds. The fraction of sp³-hybridized carbons (Fsp3) is 0.450. The molecule has 0 N–H and O–H groups in total. The van der Waals surface area contributed by atoms with Gasteiger partial charge in [0.1, 0.15) is 0 Å². The molecular formula is C20H26O2. The van der Waals surface area contributed by atoms with Crippen LogP contribution in [0.25, 0.3) is 0 Å². The monoisotopic (exact) mass is 298 g/mol. The van der Waals surface area contributed by atoms with E-state index in [1.807, 2.05) is 25.1 Å². The highest BCUT2D eigenvalue weighted by Crippen LogP contribution is 2.38. The number of allylic oxidation sites excluding steroid dienone is 3. The molecule has 0 radical (unpaired) electrons. The van der Waals surface area contributed by atoms with Crippen molar-refractivity contribution >= 4 is 5.97 Å². The van der Waals surface area contributed by atoms with Crippen LogP contribution in [0.2, 0.25) is 0 Å². The molecule has 118 valence electrons. The quantitative estimate of drug-likeness (QED) is 0.525. The topological polar surface area (TPSA) is 26.3 Å². The third-order valence-electron chi connectivity index (χ3n) is 4.51. The first-order valence-electron chi connectivity index (χ1n) is 8.09. The third-order valence-corrected chi connectivity index (χ3v) is 4.51. The van der Waals surface area contributed by atoms with E-state index < -0.39 is 0 Å². The molecule has 0 aliphatic heterocycles. The number of hydrogen-bond acceptors (Lipinski definition) is 2. The maximum Gasteiger partial charge on any atom is 0.338 e. The van der Waals surface area contributed by atoms with Gasteiger partial charge in [-0.15, -0.1) is 0 Å². The van der Waals surface area contributed by atoms with Crippen LogP contribution in [0.5, 0.6) is 0 Å². The van der Waals surface area contributed by atoms with E-state index >= 15 is 0 Å². The van der Waals surface area contributed by atoms with Gasteiger partial charge in [-0.25, -0.2) is 4.79 Å². The van der Waals surface area contributed by atoms with E-state index in [0.29, 0.717) is 11.5 Å². The third kappa shape index (κ3) is 4.09. The molecule has 2 rings (SSSR count). The van der Waals surface area contributed by atoms with Crippen LogP contribution in [0.4, 0.5) is 0 Å². The molecule has 2 atom stereocenters. The number of esters is 1. The minimum Gasteiger partial charge on any atom is -0.459 e. The molecule has 0 fully saturated rings. The van der Waals surface area contributed by atoms with Crippen molar-refractivity contribution in [1.29, 1.82) is 0 Å². The Kier molecular flexibility index (Phi) is 5.59. The summed E-state index contributed by atoms with van der Waals surface area (Å²) in [6, 6.07) is 9.18. The summed E-state index contributed by atoms with van der Waals surface area (Å²) in [6.45, 7) is 10.4. The van der Waals surface area contributed by atoms with Gasteiger partial charge in [0.25, 0.3) is 0 Å². The van der Waals surface area contributed by atoms with Crippen LogP contribution in [0.3, 0.4) is 0 Å². The van der Waals surface area contributed by atoms with Gasteiger partial charge in [-0.2, -0.15) is 0 Å². The molecule has 0 unspecified atom stereocenters. The van der Waals surface area contributed by atoms with Gasteiger partial charge in [0.05, 0.1) is 11.7 Å². The molecule has 0 spiro atoms. The summed E-state index contributed by atoms with van der Waals surface area (Å²) in [6.07, 6.45) is 4.15. The highest BCUT2D eigenvalue weighted by Gasteiger charge is 2.24. The van der Waals surface area contributed by atoms with E-state index in [4.69, 9.17) is 4.74 Å². The average Bonchev–Trinajstić information content (AvgIpc) is 2.87. The van der Waals surface area contributed by atoms with E-state index in [1.165, 1.54) is 29.6 Å². The minimum absolute atomic E-state index is 0.0700. The Morgan fingerprint density at radius 3 is 2.68 bits per heavy atom. The summed E-state index contributed by atoms with van der Waals surface area (Å²) in [4.78, 5) is 12.0. The van der Waals surface area contributed by atoms with Gasteiger partial charge in [0.15, 0.2) is 0 Å². The van der Waals surface area contributed by atoms with Crippen molar-refractivity contribution < 1.29 is 9.53 Å². The van der Waals surface area contributed by atoms with Gasteiger partial charge < -0.3 is 4.74 Å². The zero-order valence-corrected chi connectivity index (χ0v) is 13.9. The van der Waals surface area contributed by atoms with Gasteiger partial charge in [-0.3, -0.25) is 0 Å². The SMILES string of the molecule is C=C(C)[C@@H]1CCC(C)=C1CC[C@H](C)OC(=O)c1ccccc1. The lowest BCUT2D eigenvalue weighted by molar-refractivity contribution is 0.0324. The van der Waals surface area contributed by atoms with Crippen LogP contribution < -0.4 is 0 Å². The van der Waals surface area contributed by atoms with Crippen LogP contribution in [-0.4, -0.2) is 12.1 Å². The van der Waals surface area contributed by atoms with E-state index in [9.17, 15) is 4.79 Å². The Hall–Kier alpha value is -1.83. The molecule has 2 nitrogen and oxygen atoms in total. The molecule has 22 heavy (non-hydrogen) atoms. The van der Waals surface area contributed by atoms with Crippen LogP contribution >= 0.6 is 0 Å². The zero-order valence-electron chi connectivity index (χ0n) is 13.9. The lowest BCUT2D eigenvalue weighted by Gasteiger charge is -2.18. The van der Waals surface area contributed by atoms with E-state index in [0.717, 1.165) is 12.8 Å². The molecule has 1 aromatic rings. The number of carbonyl (C=O) groups is 1. The van der Waals surface area contributed by atoms with Crippen LogP contribution in [0.15, 0.2) is 53.6 Å². The molecule has 1 aliphatic carbocycles. The van der Waals surface area contributed by atoms with Crippen LogP contribution in [0, 0.1) is 5.92 Å². The predicted molar refractivity (Wildman–Crippen MR) is 90.8 cm³/mol. The Morgan fingerprint density at radius 1 is 1.36 bits per heavy atom. The molecule has 0 heterocycles. The van der Waals surface area contributed by atoms with E-state index in [2.05, 4.69) is 20.4 Å². The molecule has 1 aliphatic rings. The number of rotatable bonds is 6. The molecule has 0 bridgehead atoms. The average molecular weight is 298 g/mol. The summed E-state index contributed by atoms with van der Waals surface area (Å²) < 4.78 is 5.54. The van der Waals surface area contributed by atoms with Gasteiger partial charge in [-0.05, 0) is 58.6 Å². The normalized spacial score (nSPS) is 19.1. The fourth-order valence-corrected chi connectivity index (χ4v) is 3.17. The Bertz CT molecular complexity index is 569. The van der Waals surface area contributed by atoms with Crippen molar-refractivity contribution in [2.75, 3.05) is 0 Å². The highest BCUT2D eigenvalue weighted by atomic mass is 16.5. The first-order valence-corrected chi connectivity index (χ1v) is 8.09. The number of carbonyl (C=O) groups excluding carboxylic acids is 1. The highest BCUT2D eigenvalue weighted by molar-refractivity contribution is 5.89. The molecule has 1 aromatic carbocycles. The Labute approximate surface area is 133 Å². The summed E-state index contributed by atoms with van der Waals surface area (Å²) >= 11 is 0. The van der Waals surface area contributed by atoms with Gasteiger partial charge in [0, 0.05) is 5.92 Å². The summed E-state index contributed by atoms with van der Waals surface area (Å²) in [7, 11) is 0. The van der Waals surface area contributed by atoms with Gasteiger partial charge in [0.2, 0.25) is 0 Å². The number of benzene rings is 1. The fourth-order valence-electron chi connectivity index (χ4n) is 3.17. The number of ether oxygens (including phenoxy) is 1. The zero-order chi connectivity index (χ0) is 16.1. The van der Waals surface area contributed by atoms with Gasteiger partial charge >= 0.3 is 5.97 Å². The van der Waals surface area contributed by atoms with Crippen molar-refractivity contribution in [3.63, 3.8) is 0 Å². The van der Waals surface area contributed by atoms with Gasteiger partial charge in [-0.1, -0.05) is 41.5 Å². The Morgan fingerprint density at radius 2 is 2.05 bits per heavy atom. The molecule has 0 saturated carbocycles. The van der Waals surface area contributed by atoms with E-state index in [-0.39, 0.29) is 12.1 Å².